The van der Waals surface area contributed by atoms with Gasteiger partial charge in [-0.1, -0.05) is 12.2 Å². The number of non-ortho nitro benzene ring substituents is 1. The number of halogens is 1. The Hall–Kier alpha value is -1.12. The van der Waals surface area contributed by atoms with Crippen LogP contribution in [0, 0.1) is 19.5 Å². The van der Waals surface area contributed by atoms with E-state index in [1.807, 2.05) is 0 Å². The largest absolute Gasteiger partial charge is 0.331 e. The number of fused-ring (bicyclic) bond motifs is 1. The fraction of sp³-hybridized carbons (Fsp3) is 0. The Bertz CT molecular complexity index is 706. The van der Waals surface area contributed by atoms with Gasteiger partial charge in [0.2, 0.25) is 0 Å². The van der Waals surface area contributed by atoms with Crippen molar-refractivity contribution in [2.75, 3.05) is 0 Å². The molecule has 0 aliphatic heterocycles. The van der Waals surface area contributed by atoms with E-state index < -0.39 is 4.92 Å². The molecule has 1 aromatic carbocycles. The molecule has 2 N–H and O–H groups in total. The third-order valence-corrected chi connectivity index (χ3v) is 3.15. The molecule has 0 unspecified atom stereocenters. The minimum atomic E-state index is -0.472. The Morgan fingerprint density at radius 3 is 2.62 bits per heavy atom. The molecule has 8 heteroatoms. The first-order valence-electron chi connectivity index (χ1n) is 4.09. The SMILES string of the molecule is O=[N+]([O-])c1cc(Br)c2[nH]c(=S)[nH]c(=S)c2c1. The maximum Gasteiger partial charge on any atom is 0.271 e. The highest BCUT2D eigenvalue weighted by Crippen LogP contribution is 2.27. The molecule has 1 aromatic heterocycles. The first-order chi connectivity index (χ1) is 7.49. The Morgan fingerprint density at radius 1 is 1.31 bits per heavy atom. The number of hydrogen-bond acceptors (Lipinski definition) is 4. The number of benzene rings is 1. The van der Waals surface area contributed by atoms with Gasteiger partial charge in [-0.15, -0.1) is 0 Å². The van der Waals surface area contributed by atoms with E-state index in [2.05, 4.69) is 25.9 Å². The molecule has 0 saturated carbocycles. The average molecular weight is 318 g/mol. The number of nitro benzene ring substituents is 1. The summed E-state index contributed by atoms with van der Waals surface area (Å²) in [5.74, 6) is 0. The van der Waals surface area contributed by atoms with Crippen LogP contribution in [0.25, 0.3) is 10.9 Å². The summed E-state index contributed by atoms with van der Waals surface area (Å²) in [6.07, 6.45) is 0. The molecular formula is C8H4BrN3O2S2. The van der Waals surface area contributed by atoms with Crippen molar-refractivity contribution in [3.8, 4) is 0 Å². The van der Waals surface area contributed by atoms with E-state index in [1.54, 1.807) is 0 Å². The van der Waals surface area contributed by atoms with Crippen LogP contribution in [0.1, 0.15) is 0 Å². The van der Waals surface area contributed by atoms with Crippen LogP contribution in [0.5, 0.6) is 0 Å². The van der Waals surface area contributed by atoms with Crippen LogP contribution in [-0.2, 0) is 0 Å². The summed E-state index contributed by atoms with van der Waals surface area (Å²) in [5.41, 5.74) is 0.628. The van der Waals surface area contributed by atoms with Crippen molar-refractivity contribution in [1.29, 1.82) is 0 Å². The van der Waals surface area contributed by atoms with Crippen molar-refractivity contribution < 1.29 is 4.92 Å². The normalized spacial score (nSPS) is 10.6. The molecule has 0 aliphatic carbocycles. The van der Waals surface area contributed by atoms with Crippen LogP contribution >= 0.6 is 40.4 Å². The first kappa shape index (κ1) is 11.4. The predicted octanol–water partition coefficient (Wildman–Crippen LogP) is 3.63. The van der Waals surface area contributed by atoms with Crippen LogP contribution in [0.4, 0.5) is 5.69 Å². The topological polar surface area (TPSA) is 74.7 Å². The van der Waals surface area contributed by atoms with Crippen molar-refractivity contribution in [3.63, 3.8) is 0 Å². The van der Waals surface area contributed by atoms with E-state index in [0.717, 1.165) is 0 Å². The van der Waals surface area contributed by atoms with Crippen molar-refractivity contribution in [2.24, 2.45) is 0 Å². The third kappa shape index (κ3) is 1.91. The van der Waals surface area contributed by atoms with Crippen LogP contribution < -0.4 is 0 Å². The lowest BCUT2D eigenvalue weighted by Gasteiger charge is -2.01. The Morgan fingerprint density at radius 2 is 2.00 bits per heavy atom. The zero-order valence-electron chi connectivity index (χ0n) is 7.61. The molecule has 0 amide bonds. The smallest absolute Gasteiger partial charge is 0.271 e. The molecule has 0 atom stereocenters. The van der Waals surface area contributed by atoms with Gasteiger partial charge in [0.15, 0.2) is 4.77 Å². The summed E-state index contributed by atoms with van der Waals surface area (Å²) >= 11 is 13.2. The fourth-order valence-electron chi connectivity index (χ4n) is 1.32. The molecule has 2 rings (SSSR count). The van der Waals surface area contributed by atoms with E-state index in [4.69, 9.17) is 24.4 Å². The second-order valence-electron chi connectivity index (χ2n) is 3.02. The molecular weight excluding hydrogens is 314 g/mol. The van der Waals surface area contributed by atoms with Gasteiger partial charge in [-0.25, -0.2) is 0 Å². The number of aromatic amines is 2. The Labute approximate surface area is 108 Å². The highest BCUT2D eigenvalue weighted by atomic mass is 79.9. The molecule has 16 heavy (non-hydrogen) atoms. The van der Waals surface area contributed by atoms with Crippen molar-refractivity contribution in [3.05, 3.63) is 36.1 Å². The van der Waals surface area contributed by atoms with E-state index >= 15 is 0 Å². The number of nitrogens with one attached hydrogen (secondary N) is 2. The quantitative estimate of drug-likeness (QED) is 0.478. The van der Waals surface area contributed by atoms with E-state index in [9.17, 15) is 10.1 Å². The molecule has 0 fully saturated rings. The lowest BCUT2D eigenvalue weighted by molar-refractivity contribution is -0.384. The number of H-pyrrole nitrogens is 2. The summed E-state index contributed by atoms with van der Waals surface area (Å²) < 4.78 is 1.32. The molecule has 1 heterocycles. The van der Waals surface area contributed by atoms with Crippen LogP contribution in [0.3, 0.4) is 0 Å². The highest BCUT2D eigenvalue weighted by Gasteiger charge is 2.11. The van der Waals surface area contributed by atoms with Crippen LogP contribution in [0.2, 0.25) is 0 Å². The molecule has 0 spiro atoms. The molecule has 0 aliphatic rings. The van der Waals surface area contributed by atoms with Gasteiger partial charge in [-0.2, -0.15) is 0 Å². The molecule has 2 aromatic rings. The summed E-state index contributed by atoms with van der Waals surface area (Å²) in [5, 5.41) is 11.2. The molecule has 0 saturated heterocycles. The van der Waals surface area contributed by atoms with Gasteiger partial charge in [0.05, 0.1) is 10.4 Å². The van der Waals surface area contributed by atoms with Crippen molar-refractivity contribution in [1.82, 2.24) is 9.97 Å². The second kappa shape index (κ2) is 4.04. The second-order valence-corrected chi connectivity index (χ2v) is 4.69. The van der Waals surface area contributed by atoms with Gasteiger partial charge in [-0.3, -0.25) is 10.1 Å². The van der Waals surface area contributed by atoms with Crippen molar-refractivity contribution >= 4 is 57.0 Å². The van der Waals surface area contributed by atoms with E-state index in [-0.39, 0.29) is 5.69 Å². The summed E-state index contributed by atoms with van der Waals surface area (Å²) in [6, 6.07) is 2.81. The minimum absolute atomic E-state index is 0.0237. The number of hydrogen-bond donors (Lipinski definition) is 2. The molecule has 5 nitrogen and oxygen atoms in total. The summed E-state index contributed by atoms with van der Waals surface area (Å²) in [6.45, 7) is 0. The van der Waals surface area contributed by atoms with Gasteiger partial charge in [0.25, 0.3) is 5.69 Å². The zero-order chi connectivity index (χ0) is 11.9. The number of aromatic nitrogens is 2. The van der Waals surface area contributed by atoms with Crippen LogP contribution in [-0.4, -0.2) is 14.9 Å². The monoisotopic (exact) mass is 317 g/mol. The lowest BCUT2D eigenvalue weighted by atomic mass is 10.2. The molecule has 82 valence electrons. The highest BCUT2D eigenvalue weighted by molar-refractivity contribution is 9.10. The predicted molar refractivity (Wildman–Crippen MR) is 68.7 cm³/mol. The third-order valence-electron chi connectivity index (χ3n) is 2.00. The summed E-state index contributed by atoms with van der Waals surface area (Å²) in [7, 11) is 0. The Balaban J connectivity index is 2.98. The first-order valence-corrected chi connectivity index (χ1v) is 5.70. The summed E-state index contributed by atoms with van der Waals surface area (Å²) in [4.78, 5) is 15.8. The maximum atomic E-state index is 10.7. The standard InChI is InChI=1S/C8H4BrN3O2S2/c9-5-2-3(12(13)14)1-4-6(5)10-8(16)11-7(4)15/h1-2H,(H2,10,11,15,16). The molecule has 0 bridgehead atoms. The number of nitrogens with zero attached hydrogens (tertiary/aromatic N) is 1. The number of rotatable bonds is 1. The minimum Gasteiger partial charge on any atom is -0.331 e. The Kier molecular flexibility index (Phi) is 2.87. The average Bonchev–Trinajstić information content (AvgIpc) is 2.19. The van der Waals surface area contributed by atoms with E-state index in [1.165, 1.54) is 12.1 Å². The fourth-order valence-corrected chi connectivity index (χ4v) is 2.40. The van der Waals surface area contributed by atoms with Crippen molar-refractivity contribution in [2.45, 2.75) is 0 Å². The van der Waals surface area contributed by atoms with Gasteiger partial charge >= 0.3 is 0 Å². The van der Waals surface area contributed by atoms with Gasteiger partial charge in [-0.05, 0) is 28.1 Å². The maximum absolute atomic E-state index is 10.7. The van der Waals surface area contributed by atoms with Gasteiger partial charge in [0, 0.05) is 22.0 Å². The zero-order valence-corrected chi connectivity index (χ0v) is 10.8. The lowest BCUT2D eigenvalue weighted by Crippen LogP contribution is -1.92. The van der Waals surface area contributed by atoms with Gasteiger partial charge < -0.3 is 9.97 Å². The van der Waals surface area contributed by atoms with Crippen LogP contribution in [0.15, 0.2) is 16.6 Å². The molecule has 0 radical (unpaired) electrons. The van der Waals surface area contributed by atoms with E-state index in [0.29, 0.717) is 24.8 Å². The number of nitro groups is 1. The van der Waals surface area contributed by atoms with Gasteiger partial charge in [0.1, 0.15) is 4.64 Å².